The molecule has 8 nitrogen and oxygen atoms in total. The Balaban J connectivity index is 1.23. The number of sulfonamides is 1. The number of nitrogens with zero attached hydrogens (tertiary/aromatic N) is 2. The standard InChI is InChI=1S/C21H25N3O5S/c25-21(18-6-7-19-20(14-18)29-16-28-19)22-8-13-30(26,27)24-11-9-23(10-12-24)15-17-4-2-1-3-5-17/h1-7,14H,8-13,15-16H2,(H,22,25). The number of carbonyl (C=O) groups excluding carboxylic acids is 1. The molecule has 1 N–H and O–H groups in total. The summed E-state index contributed by atoms with van der Waals surface area (Å²) in [7, 11) is -3.42. The average molecular weight is 432 g/mol. The molecule has 2 heterocycles. The maximum atomic E-state index is 12.6. The lowest BCUT2D eigenvalue weighted by Crippen LogP contribution is -2.49. The van der Waals surface area contributed by atoms with Gasteiger partial charge in [0.1, 0.15) is 0 Å². The number of ether oxygens (including phenoxy) is 2. The molecule has 1 amide bonds. The SMILES string of the molecule is O=C(NCCS(=O)(=O)N1CCN(Cc2ccccc2)CC1)c1ccc2c(c1)OCO2. The van der Waals surface area contributed by atoms with Crippen molar-refractivity contribution < 1.29 is 22.7 Å². The topological polar surface area (TPSA) is 88.2 Å². The highest BCUT2D eigenvalue weighted by Crippen LogP contribution is 2.32. The minimum absolute atomic E-state index is 0.0554. The molecule has 0 radical (unpaired) electrons. The molecular weight excluding hydrogens is 406 g/mol. The van der Waals surface area contributed by atoms with Gasteiger partial charge in [0.15, 0.2) is 11.5 Å². The Hall–Kier alpha value is -2.62. The summed E-state index contributed by atoms with van der Waals surface area (Å²) >= 11 is 0. The van der Waals surface area contributed by atoms with E-state index >= 15 is 0 Å². The molecule has 9 heteroatoms. The summed E-state index contributed by atoms with van der Waals surface area (Å²) in [5, 5.41) is 2.68. The molecule has 2 aliphatic rings. The van der Waals surface area contributed by atoms with Crippen LogP contribution in [0.15, 0.2) is 48.5 Å². The number of amides is 1. The fourth-order valence-electron chi connectivity index (χ4n) is 3.57. The van der Waals surface area contributed by atoms with Crippen molar-refractivity contribution in [1.29, 1.82) is 0 Å². The molecule has 2 aliphatic heterocycles. The number of hydrogen-bond acceptors (Lipinski definition) is 6. The molecule has 0 bridgehead atoms. The highest BCUT2D eigenvalue weighted by atomic mass is 32.2. The smallest absolute Gasteiger partial charge is 0.251 e. The highest BCUT2D eigenvalue weighted by Gasteiger charge is 2.27. The quantitative estimate of drug-likeness (QED) is 0.711. The first-order valence-electron chi connectivity index (χ1n) is 9.93. The van der Waals surface area contributed by atoms with E-state index in [1.807, 2.05) is 18.2 Å². The van der Waals surface area contributed by atoms with Crippen LogP contribution in [0.2, 0.25) is 0 Å². The fourth-order valence-corrected chi connectivity index (χ4v) is 4.91. The molecule has 0 spiro atoms. The minimum Gasteiger partial charge on any atom is -0.454 e. The summed E-state index contributed by atoms with van der Waals surface area (Å²) in [5.41, 5.74) is 1.63. The van der Waals surface area contributed by atoms with Gasteiger partial charge < -0.3 is 14.8 Å². The number of piperazine rings is 1. The Morgan fingerprint density at radius 1 is 0.967 bits per heavy atom. The second kappa shape index (κ2) is 9.03. The van der Waals surface area contributed by atoms with Gasteiger partial charge in [-0.3, -0.25) is 9.69 Å². The van der Waals surface area contributed by atoms with E-state index in [2.05, 4.69) is 22.3 Å². The predicted molar refractivity (Wildman–Crippen MR) is 112 cm³/mol. The monoisotopic (exact) mass is 431 g/mol. The summed E-state index contributed by atoms with van der Waals surface area (Å²) in [6.07, 6.45) is 0. The summed E-state index contributed by atoms with van der Waals surface area (Å²) < 4.78 is 37.3. The van der Waals surface area contributed by atoms with E-state index in [0.29, 0.717) is 43.2 Å². The molecule has 0 saturated carbocycles. The van der Waals surface area contributed by atoms with E-state index in [1.54, 1.807) is 18.2 Å². The third-order valence-corrected chi connectivity index (χ3v) is 7.13. The van der Waals surface area contributed by atoms with Gasteiger partial charge in [-0.15, -0.1) is 0 Å². The predicted octanol–water partition coefficient (Wildman–Crippen LogP) is 1.29. The van der Waals surface area contributed by atoms with Crippen molar-refractivity contribution in [3.05, 3.63) is 59.7 Å². The van der Waals surface area contributed by atoms with Gasteiger partial charge in [-0.25, -0.2) is 8.42 Å². The minimum atomic E-state index is -3.42. The molecule has 2 aromatic rings. The van der Waals surface area contributed by atoms with E-state index in [9.17, 15) is 13.2 Å². The van der Waals surface area contributed by atoms with Gasteiger partial charge in [-0.1, -0.05) is 30.3 Å². The first kappa shape index (κ1) is 20.6. The van der Waals surface area contributed by atoms with E-state index in [0.717, 1.165) is 6.54 Å². The lowest BCUT2D eigenvalue weighted by molar-refractivity contribution is 0.0955. The number of nitrogens with one attached hydrogen (secondary N) is 1. The van der Waals surface area contributed by atoms with Crippen molar-refractivity contribution in [2.75, 3.05) is 45.3 Å². The van der Waals surface area contributed by atoms with E-state index in [1.165, 1.54) is 9.87 Å². The molecule has 160 valence electrons. The number of hydrogen-bond donors (Lipinski definition) is 1. The lowest BCUT2D eigenvalue weighted by atomic mass is 10.2. The van der Waals surface area contributed by atoms with E-state index in [-0.39, 0.29) is 25.0 Å². The highest BCUT2D eigenvalue weighted by molar-refractivity contribution is 7.89. The zero-order valence-electron chi connectivity index (χ0n) is 16.6. The molecule has 30 heavy (non-hydrogen) atoms. The zero-order valence-corrected chi connectivity index (χ0v) is 17.4. The molecule has 0 aliphatic carbocycles. The molecule has 1 fully saturated rings. The van der Waals surface area contributed by atoms with Gasteiger partial charge >= 0.3 is 0 Å². The van der Waals surface area contributed by atoms with Crippen LogP contribution in [0.3, 0.4) is 0 Å². The van der Waals surface area contributed by atoms with Crippen LogP contribution < -0.4 is 14.8 Å². The van der Waals surface area contributed by atoms with Crippen LogP contribution in [0.5, 0.6) is 11.5 Å². The van der Waals surface area contributed by atoms with Gasteiger partial charge in [0.25, 0.3) is 5.91 Å². The zero-order chi connectivity index (χ0) is 21.0. The molecule has 0 atom stereocenters. The van der Waals surface area contributed by atoms with E-state index in [4.69, 9.17) is 9.47 Å². The van der Waals surface area contributed by atoms with Crippen LogP contribution in [0.1, 0.15) is 15.9 Å². The number of carbonyl (C=O) groups is 1. The first-order valence-corrected chi connectivity index (χ1v) is 11.5. The molecule has 0 unspecified atom stereocenters. The third-order valence-electron chi connectivity index (χ3n) is 5.25. The second-order valence-electron chi connectivity index (χ2n) is 7.30. The van der Waals surface area contributed by atoms with Gasteiger partial charge in [-0.05, 0) is 23.8 Å². The number of fused-ring (bicyclic) bond motifs is 1. The summed E-state index contributed by atoms with van der Waals surface area (Å²) in [6, 6.07) is 15.0. The molecular formula is C21H25N3O5S. The number of benzene rings is 2. The largest absolute Gasteiger partial charge is 0.454 e. The van der Waals surface area contributed by atoms with Crippen molar-refractivity contribution >= 4 is 15.9 Å². The first-order chi connectivity index (χ1) is 14.5. The van der Waals surface area contributed by atoms with Crippen molar-refractivity contribution in [2.45, 2.75) is 6.54 Å². The van der Waals surface area contributed by atoms with Crippen LogP contribution in [-0.4, -0.2) is 68.8 Å². The van der Waals surface area contributed by atoms with Crippen molar-refractivity contribution in [3.8, 4) is 11.5 Å². The van der Waals surface area contributed by atoms with Gasteiger partial charge in [0.2, 0.25) is 16.8 Å². The van der Waals surface area contributed by atoms with E-state index < -0.39 is 10.0 Å². The maximum Gasteiger partial charge on any atom is 0.251 e. The Bertz CT molecular complexity index is 989. The normalized spacial score (nSPS) is 17.1. The van der Waals surface area contributed by atoms with Gasteiger partial charge in [-0.2, -0.15) is 4.31 Å². The van der Waals surface area contributed by atoms with Crippen LogP contribution in [0, 0.1) is 0 Å². The van der Waals surface area contributed by atoms with Gasteiger partial charge in [0.05, 0.1) is 5.75 Å². The number of rotatable bonds is 7. The Morgan fingerprint density at radius 3 is 2.47 bits per heavy atom. The van der Waals surface area contributed by atoms with Crippen molar-refractivity contribution in [3.63, 3.8) is 0 Å². The molecule has 0 aromatic heterocycles. The maximum absolute atomic E-state index is 12.6. The summed E-state index contributed by atoms with van der Waals surface area (Å²) in [6.45, 7) is 3.32. The molecule has 1 saturated heterocycles. The van der Waals surface area contributed by atoms with Crippen LogP contribution in [0.25, 0.3) is 0 Å². The Morgan fingerprint density at radius 2 is 1.70 bits per heavy atom. The fraction of sp³-hybridized carbons (Fsp3) is 0.381. The van der Waals surface area contributed by atoms with Crippen LogP contribution >= 0.6 is 0 Å². The Kier molecular flexibility index (Phi) is 6.21. The van der Waals surface area contributed by atoms with Crippen LogP contribution in [-0.2, 0) is 16.6 Å². The second-order valence-corrected chi connectivity index (χ2v) is 9.39. The summed E-state index contributed by atoms with van der Waals surface area (Å²) in [4.78, 5) is 14.6. The molecule has 4 rings (SSSR count). The lowest BCUT2D eigenvalue weighted by Gasteiger charge is -2.34. The van der Waals surface area contributed by atoms with Gasteiger partial charge in [0, 0.05) is 44.8 Å². The van der Waals surface area contributed by atoms with Crippen molar-refractivity contribution in [1.82, 2.24) is 14.5 Å². The summed E-state index contributed by atoms with van der Waals surface area (Å²) in [5.74, 6) is 0.655. The molecule has 2 aromatic carbocycles. The van der Waals surface area contributed by atoms with Crippen molar-refractivity contribution in [2.24, 2.45) is 0 Å². The average Bonchev–Trinajstić information content (AvgIpc) is 3.22. The third kappa shape index (κ3) is 4.92. The van der Waals surface area contributed by atoms with Crippen LogP contribution in [0.4, 0.5) is 0 Å². The Labute approximate surface area is 176 Å².